The first-order valence-corrected chi connectivity index (χ1v) is 14.0. The maximum atomic E-state index is 13.8. The quantitative estimate of drug-likeness (QED) is 0.240. The summed E-state index contributed by atoms with van der Waals surface area (Å²) in [7, 11) is -3.89. The maximum absolute atomic E-state index is 13.8. The summed E-state index contributed by atoms with van der Waals surface area (Å²) in [5.41, 5.74) is -2.15. The zero-order valence-electron chi connectivity index (χ0n) is 17.4. The zero-order chi connectivity index (χ0) is 25.9. The summed E-state index contributed by atoms with van der Waals surface area (Å²) in [6, 6.07) is 0. The van der Waals surface area contributed by atoms with Crippen molar-refractivity contribution in [1.29, 1.82) is 0 Å². The second-order valence-corrected chi connectivity index (χ2v) is 15.0. The molecule has 1 N–H and O–H groups in total. The number of aromatic nitrogens is 2. The van der Waals surface area contributed by atoms with Gasteiger partial charge in [-0.25, -0.2) is 4.79 Å². The number of hydrogen-bond acceptors (Lipinski definition) is 7. The van der Waals surface area contributed by atoms with Gasteiger partial charge in [0.25, 0.3) is 5.56 Å². The summed E-state index contributed by atoms with van der Waals surface area (Å²) in [6.07, 6.45) is -3.24. The summed E-state index contributed by atoms with van der Waals surface area (Å²) in [6.45, 7) is 1.29. The molecule has 9 nitrogen and oxygen atoms in total. The standard InChI is InChI=1S/C17H20Cl6FN2O7P/c1-2-3-13(27)33-10-4-12(26-5-9(24)14(28)25-15(26)29)32-11(10)6-31-34(30,7-16(18,19)20)8-17(21,22)23/h5,10-12H,2-4,6-8H2,1H3,(H,25,28,29)/t10-,11+,12+/m0/s1. The highest BCUT2D eigenvalue weighted by atomic mass is 35.6. The number of nitrogens with zero attached hydrogens (tertiary/aromatic N) is 1. The fraction of sp³-hybridized carbons (Fsp3) is 0.706. The number of nitrogens with one attached hydrogen (secondary N) is 1. The van der Waals surface area contributed by atoms with E-state index in [1.165, 1.54) is 0 Å². The SMILES string of the molecule is CCCC(=O)O[C@H]1C[C@H](n2cc(F)c(=O)[nH]c2=O)O[C@@H]1COP(=O)(CC(Cl)(Cl)Cl)CC(Cl)(Cl)Cl. The van der Waals surface area contributed by atoms with Crippen molar-refractivity contribution >= 4 is 82.9 Å². The third kappa shape index (κ3) is 9.45. The molecule has 0 amide bonds. The van der Waals surface area contributed by atoms with E-state index >= 15 is 0 Å². The molecule has 0 radical (unpaired) electrons. The van der Waals surface area contributed by atoms with Gasteiger partial charge < -0.3 is 14.0 Å². The Bertz CT molecular complexity index is 1020. The van der Waals surface area contributed by atoms with Crippen LogP contribution in [-0.4, -0.2) is 54.2 Å². The van der Waals surface area contributed by atoms with E-state index in [4.69, 9.17) is 83.6 Å². The predicted molar refractivity (Wildman–Crippen MR) is 128 cm³/mol. The van der Waals surface area contributed by atoms with E-state index in [9.17, 15) is 23.3 Å². The van der Waals surface area contributed by atoms with Crippen molar-refractivity contribution in [3.63, 3.8) is 0 Å². The minimum Gasteiger partial charge on any atom is -0.459 e. The van der Waals surface area contributed by atoms with E-state index in [1.54, 1.807) is 6.92 Å². The molecule has 0 spiro atoms. The first kappa shape index (κ1) is 30.2. The van der Waals surface area contributed by atoms with Crippen LogP contribution in [0.5, 0.6) is 0 Å². The molecule has 1 aromatic heterocycles. The normalized spacial score (nSPS) is 21.6. The molecule has 0 unspecified atom stereocenters. The Morgan fingerprint density at radius 3 is 2.35 bits per heavy atom. The van der Waals surface area contributed by atoms with Crippen LogP contribution in [0, 0.1) is 5.82 Å². The van der Waals surface area contributed by atoms with Gasteiger partial charge in [-0.05, 0) is 6.42 Å². The fourth-order valence-electron chi connectivity index (χ4n) is 3.15. The van der Waals surface area contributed by atoms with Gasteiger partial charge in [0, 0.05) is 12.8 Å². The zero-order valence-corrected chi connectivity index (χ0v) is 22.9. The molecule has 17 heteroatoms. The van der Waals surface area contributed by atoms with Crippen LogP contribution >= 0.6 is 77.0 Å². The number of H-pyrrole nitrogens is 1. The predicted octanol–water partition coefficient (Wildman–Crippen LogP) is 4.71. The Balaban J connectivity index is 2.28. The van der Waals surface area contributed by atoms with Crippen LogP contribution in [-0.2, 0) is 23.4 Å². The molecule has 1 aliphatic rings. The lowest BCUT2D eigenvalue weighted by Crippen LogP contribution is -2.34. The summed E-state index contributed by atoms with van der Waals surface area (Å²) in [5, 5.41) is 0. The summed E-state index contributed by atoms with van der Waals surface area (Å²) >= 11 is 34.6. The van der Waals surface area contributed by atoms with Crippen molar-refractivity contribution in [1.82, 2.24) is 9.55 Å². The summed E-state index contributed by atoms with van der Waals surface area (Å²) < 4.78 is 40.5. The lowest BCUT2D eigenvalue weighted by molar-refractivity contribution is -0.152. The largest absolute Gasteiger partial charge is 0.459 e. The molecule has 2 rings (SSSR count). The Morgan fingerprint density at radius 2 is 1.82 bits per heavy atom. The average Bonchev–Trinajstić information content (AvgIpc) is 3.02. The molecule has 0 aliphatic carbocycles. The van der Waals surface area contributed by atoms with Crippen molar-refractivity contribution in [2.75, 3.05) is 18.9 Å². The molecular formula is C17H20Cl6FN2O7P. The van der Waals surface area contributed by atoms with Crippen LogP contribution < -0.4 is 11.2 Å². The van der Waals surface area contributed by atoms with Crippen LogP contribution in [0.25, 0.3) is 0 Å². The molecule has 1 aliphatic heterocycles. The number of halogens is 7. The average molecular weight is 627 g/mol. The molecule has 2 heterocycles. The minimum atomic E-state index is -3.89. The van der Waals surface area contributed by atoms with Gasteiger partial charge in [0.05, 0.1) is 25.1 Å². The molecule has 1 fully saturated rings. The molecule has 34 heavy (non-hydrogen) atoms. The van der Waals surface area contributed by atoms with E-state index in [-0.39, 0.29) is 12.8 Å². The maximum Gasteiger partial charge on any atom is 0.330 e. The molecule has 1 saturated heterocycles. The first-order valence-electron chi connectivity index (χ1n) is 9.74. The smallest absolute Gasteiger partial charge is 0.330 e. The second kappa shape index (κ2) is 12.0. The number of aromatic amines is 1. The van der Waals surface area contributed by atoms with Crippen molar-refractivity contribution in [3.8, 4) is 0 Å². The van der Waals surface area contributed by atoms with Crippen molar-refractivity contribution in [2.45, 2.75) is 52.2 Å². The molecule has 194 valence electrons. The molecular weight excluding hydrogens is 607 g/mol. The molecule has 0 bridgehead atoms. The fourth-order valence-corrected chi connectivity index (χ4v) is 8.24. The van der Waals surface area contributed by atoms with E-state index in [1.807, 2.05) is 4.98 Å². The highest BCUT2D eigenvalue weighted by Gasteiger charge is 2.44. The Labute approximate surface area is 223 Å². The molecule has 0 saturated carbocycles. The lowest BCUT2D eigenvalue weighted by atomic mass is 10.2. The summed E-state index contributed by atoms with van der Waals surface area (Å²) in [5.74, 6) is -1.79. The lowest BCUT2D eigenvalue weighted by Gasteiger charge is -2.27. The van der Waals surface area contributed by atoms with Gasteiger partial charge in [-0.1, -0.05) is 76.5 Å². The van der Waals surface area contributed by atoms with Gasteiger partial charge in [0.15, 0.2) is 7.59 Å². The van der Waals surface area contributed by atoms with Crippen molar-refractivity contribution in [3.05, 3.63) is 32.9 Å². The van der Waals surface area contributed by atoms with Crippen molar-refractivity contribution < 1.29 is 27.7 Å². The Morgan fingerprint density at radius 1 is 1.24 bits per heavy atom. The van der Waals surface area contributed by atoms with E-state index in [2.05, 4.69) is 0 Å². The number of carbonyl (C=O) groups excluding carboxylic acids is 1. The Kier molecular flexibility index (Phi) is 10.7. The number of ether oxygens (including phenoxy) is 2. The number of rotatable bonds is 9. The third-order valence-corrected chi connectivity index (χ3v) is 8.92. The summed E-state index contributed by atoms with van der Waals surface area (Å²) in [4.78, 5) is 37.3. The number of hydrogen-bond donors (Lipinski definition) is 1. The number of esters is 1. The topological polar surface area (TPSA) is 117 Å². The van der Waals surface area contributed by atoms with Gasteiger partial charge in [0.1, 0.15) is 18.4 Å². The third-order valence-electron chi connectivity index (χ3n) is 4.47. The molecule has 3 atom stereocenters. The van der Waals surface area contributed by atoms with Gasteiger partial charge in [0.2, 0.25) is 13.2 Å². The van der Waals surface area contributed by atoms with Crippen LogP contribution in [0.4, 0.5) is 4.39 Å². The monoisotopic (exact) mass is 624 g/mol. The minimum absolute atomic E-state index is 0.0982. The first-order chi connectivity index (χ1) is 15.5. The van der Waals surface area contributed by atoms with Gasteiger partial charge in [-0.15, -0.1) is 0 Å². The number of carbonyl (C=O) groups is 1. The van der Waals surface area contributed by atoms with Crippen LogP contribution in [0.2, 0.25) is 0 Å². The molecule has 1 aromatic rings. The van der Waals surface area contributed by atoms with Crippen LogP contribution in [0.15, 0.2) is 15.8 Å². The van der Waals surface area contributed by atoms with E-state index in [0.717, 1.165) is 4.57 Å². The van der Waals surface area contributed by atoms with Crippen LogP contribution in [0.1, 0.15) is 32.4 Å². The van der Waals surface area contributed by atoms with E-state index < -0.39 is 75.4 Å². The van der Waals surface area contributed by atoms with Crippen molar-refractivity contribution in [2.24, 2.45) is 0 Å². The Hall–Kier alpha value is -0.0300. The van der Waals surface area contributed by atoms with Gasteiger partial charge >= 0.3 is 11.7 Å². The van der Waals surface area contributed by atoms with Crippen LogP contribution in [0.3, 0.4) is 0 Å². The highest BCUT2D eigenvalue weighted by molar-refractivity contribution is 7.60. The van der Waals surface area contributed by atoms with Gasteiger partial charge in [-0.3, -0.25) is 23.7 Å². The number of alkyl halides is 6. The molecule has 0 aromatic carbocycles. The van der Waals surface area contributed by atoms with E-state index in [0.29, 0.717) is 12.6 Å². The second-order valence-electron chi connectivity index (χ2n) is 7.44. The van der Waals surface area contributed by atoms with Gasteiger partial charge in [-0.2, -0.15) is 4.39 Å². The highest BCUT2D eigenvalue weighted by Crippen LogP contribution is 2.57.